The van der Waals surface area contributed by atoms with Crippen molar-refractivity contribution in [3.8, 4) is 0 Å². The smallest absolute Gasteiger partial charge is 0.303 e. The van der Waals surface area contributed by atoms with Gasteiger partial charge in [0, 0.05) is 24.7 Å². The van der Waals surface area contributed by atoms with Crippen LogP contribution in [0.5, 0.6) is 0 Å². The maximum absolute atomic E-state index is 11.8. The van der Waals surface area contributed by atoms with Gasteiger partial charge in [0.05, 0.1) is 0 Å². The van der Waals surface area contributed by atoms with Crippen molar-refractivity contribution in [2.75, 3.05) is 0 Å². The predicted molar refractivity (Wildman–Crippen MR) is 57.1 cm³/mol. The van der Waals surface area contributed by atoms with Crippen molar-refractivity contribution < 1.29 is 9.90 Å². The van der Waals surface area contributed by atoms with E-state index in [4.69, 9.17) is 5.11 Å². The normalized spacial score (nSPS) is 10.3. The fraction of sp³-hybridized carbons (Fsp3) is 0.455. The molecule has 15 heavy (non-hydrogen) atoms. The molecule has 0 saturated carbocycles. The van der Waals surface area contributed by atoms with Gasteiger partial charge in [-0.05, 0) is 31.9 Å². The number of aliphatic carboxylic acids is 1. The molecule has 0 aliphatic rings. The minimum atomic E-state index is -0.878. The van der Waals surface area contributed by atoms with Crippen LogP contribution < -0.4 is 5.56 Å². The minimum absolute atomic E-state index is 0.000852. The van der Waals surface area contributed by atoms with Crippen LogP contribution in [0.4, 0.5) is 0 Å². The van der Waals surface area contributed by atoms with E-state index in [0.29, 0.717) is 12.0 Å². The van der Waals surface area contributed by atoms with Crippen molar-refractivity contribution in [1.82, 2.24) is 4.57 Å². The zero-order valence-electron chi connectivity index (χ0n) is 9.20. The first-order valence-corrected chi connectivity index (χ1v) is 4.81. The number of nitrogens with zero attached hydrogens (tertiary/aromatic N) is 1. The maximum atomic E-state index is 11.8. The van der Waals surface area contributed by atoms with Crippen molar-refractivity contribution in [3.63, 3.8) is 0 Å². The molecular formula is C11H15NO3. The molecule has 1 aromatic rings. The fourth-order valence-corrected chi connectivity index (χ4v) is 1.56. The van der Waals surface area contributed by atoms with E-state index in [-0.39, 0.29) is 12.0 Å². The van der Waals surface area contributed by atoms with Crippen LogP contribution in [0.15, 0.2) is 10.9 Å². The molecular weight excluding hydrogens is 194 g/mol. The highest BCUT2D eigenvalue weighted by Crippen LogP contribution is 2.07. The molecule has 0 fully saturated rings. The van der Waals surface area contributed by atoms with Gasteiger partial charge < -0.3 is 9.67 Å². The molecule has 4 nitrogen and oxygen atoms in total. The molecule has 0 amide bonds. The van der Waals surface area contributed by atoms with Crippen LogP contribution in [-0.4, -0.2) is 15.6 Å². The average molecular weight is 209 g/mol. The van der Waals surface area contributed by atoms with Gasteiger partial charge in [-0.1, -0.05) is 0 Å². The number of hydrogen-bond donors (Lipinski definition) is 1. The van der Waals surface area contributed by atoms with Crippen molar-refractivity contribution in [1.29, 1.82) is 0 Å². The lowest BCUT2D eigenvalue weighted by Crippen LogP contribution is -2.24. The van der Waals surface area contributed by atoms with Gasteiger partial charge in [0.25, 0.3) is 5.56 Å². The van der Waals surface area contributed by atoms with Crippen LogP contribution in [0.2, 0.25) is 0 Å². The van der Waals surface area contributed by atoms with Crippen LogP contribution in [0.3, 0.4) is 0 Å². The summed E-state index contributed by atoms with van der Waals surface area (Å²) in [7, 11) is 1.70. The van der Waals surface area contributed by atoms with Gasteiger partial charge >= 0.3 is 5.97 Å². The minimum Gasteiger partial charge on any atom is -0.481 e. The van der Waals surface area contributed by atoms with Gasteiger partial charge in [0.15, 0.2) is 0 Å². The summed E-state index contributed by atoms with van der Waals surface area (Å²) in [6.45, 7) is 3.70. The van der Waals surface area contributed by atoms with Crippen molar-refractivity contribution in [3.05, 3.63) is 33.2 Å². The first-order chi connectivity index (χ1) is 6.93. The van der Waals surface area contributed by atoms with Gasteiger partial charge in [-0.2, -0.15) is 0 Å². The first-order valence-electron chi connectivity index (χ1n) is 4.81. The van der Waals surface area contributed by atoms with E-state index in [2.05, 4.69) is 0 Å². The van der Waals surface area contributed by atoms with Crippen molar-refractivity contribution in [2.45, 2.75) is 26.7 Å². The van der Waals surface area contributed by atoms with Crippen LogP contribution in [-0.2, 0) is 18.3 Å². The van der Waals surface area contributed by atoms with E-state index in [0.717, 1.165) is 11.3 Å². The Labute approximate surface area is 88.2 Å². The lowest BCUT2D eigenvalue weighted by atomic mass is 10.1. The van der Waals surface area contributed by atoms with Gasteiger partial charge in [-0.25, -0.2) is 0 Å². The molecule has 0 aliphatic heterocycles. The number of rotatable bonds is 3. The van der Waals surface area contributed by atoms with Crippen LogP contribution >= 0.6 is 0 Å². The third-order valence-electron chi connectivity index (χ3n) is 2.58. The quantitative estimate of drug-likeness (QED) is 0.808. The summed E-state index contributed by atoms with van der Waals surface area (Å²) in [6.07, 6.45) is 0.299. The lowest BCUT2D eigenvalue weighted by molar-refractivity contribution is -0.136. The zero-order chi connectivity index (χ0) is 11.6. The highest BCUT2D eigenvalue weighted by molar-refractivity contribution is 5.67. The molecule has 1 heterocycles. The first kappa shape index (κ1) is 11.5. The largest absolute Gasteiger partial charge is 0.481 e. The summed E-state index contributed by atoms with van der Waals surface area (Å²) in [6, 6.07) is 1.90. The Morgan fingerprint density at radius 1 is 1.47 bits per heavy atom. The Bertz CT molecular complexity index is 446. The molecule has 1 aromatic heterocycles. The summed E-state index contributed by atoms with van der Waals surface area (Å²) in [5.41, 5.74) is 2.27. The van der Waals surface area contributed by atoms with Crippen LogP contribution in [0.1, 0.15) is 23.2 Å². The molecule has 82 valence electrons. The van der Waals surface area contributed by atoms with E-state index in [1.807, 2.05) is 19.9 Å². The number of carbonyl (C=O) groups is 1. The molecule has 0 aromatic carbocycles. The summed E-state index contributed by atoms with van der Waals surface area (Å²) in [5, 5.41) is 8.57. The summed E-state index contributed by atoms with van der Waals surface area (Å²) < 4.78 is 1.55. The Balaban J connectivity index is 3.13. The second kappa shape index (κ2) is 4.29. The molecule has 1 N–H and O–H groups in total. The third-order valence-corrected chi connectivity index (χ3v) is 2.58. The molecule has 0 radical (unpaired) electrons. The summed E-state index contributed by atoms with van der Waals surface area (Å²) in [4.78, 5) is 22.2. The average Bonchev–Trinajstić information content (AvgIpc) is 2.14. The SMILES string of the molecule is Cc1cc(C)n(C)c(=O)c1CCC(=O)O. The van der Waals surface area contributed by atoms with Crippen molar-refractivity contribution in [2.24, 2.45) is 7.05 Å². The molecule has 0 spiro atoms. The lowest BCUT2D eigenvalue weighted by Gasteiger charge is -2.09. The predicted octanol–water partition coefficient (Wildman–Crippen LogP) is 1.02. The van der Waals surface area contributed by atoms with E-state index in [1.165, 1.54) is 0 Å². The van der Waals surface area contributed by atoms with E-state index in [1.54, 1.807) is 11.6 Å². The summed E-state index contributed by atoms with van der Waals surface area (Å²) >= 11 is 0. The van der Waals surface area contributed by atoms with E-state index in [9.17, 15) is 9.59 Å². The highest BCUT2D eigenvalue weighted by atomic mass is 16.4. The Morgan fingerprint density at radius 3 is 2.60 bits per heavy atom. The number of pyridine rings is 1. The Hall–Kier alpha value is -1.58. The van der Waals surface area contributed by atoms with Crippen molar-refractivity contribution >= 4 is 5.97 Å². The number of hydrogen-bond acceptors (Lipinski definition) is 2. The second-order valence-corrected chi connectivity index (χ2v) is 3.71. The standard InChI is InChI=1S/C11H15NO3/c1-7-6-8(2)12(3)11(15)9(7)4-5-10(13)14/h6H,4-5H2,1-3H3,(H,13,14). The molecule has 0 aliphatic carbocycles. The molecule has 0 unspecified atom stereocenters. The second-order valence-electron chi connectivity index (χ2n) is 3.71. The molecule has 1 rings (SSSR count). The van der Waals surface area contributed by atoms with Crippen LogP contribution in [0.25, 0.3) is 0 Å². The molecule has 0 saturated heterocycles. The molecule has 0 atom stereocenters. The Morgan fingerprint density at radius 2 is 2.07 bits per heavy atom. The third kappa shape index (κ3) is 2.46. The monoisotopic (exact) mass is 209 g/mol. The number of aryl methyl sites for hydroxylation is 2. The number of carboxylic acid groups (broad SMARTS) is 1. The topological polar surface area (TPSA) is 59.3 Å². The number of carboxylic acids is 1. The van der Waals surface area contributed by atoms with Gasteiger partial charge in [0.1, 0.15) is 0 Å². The molecule has 4 heteroatoms. The Kier molecular flexibility index (Phi) is 3.29. The zero-order valence-corrected chi connectivity index (χ0v) is 9.20. The van der Waals surface area contributed by atoms with E-state index >= 15 is 0 Å². The van der Waals surface area contributed by atoms with Gasteiger partial charge in [-0.3, -0.25) is 9.59 Å². The summed E-state index contributed by atoms with van der Waals surface area (Å²) in [5.74, 6) is -0.878. The van der Waals surface area contributed by atoms with E-state index < -0.39 is 5.97 Å². The fourth-order valence-electron chi connectivity index (χ4n) is 1.56. The molecule has 0 bridgehead atoms. The highest BCUT2D eigenvalue weighted by Gasteiger charge is 2.09. The van der Waals surface area contributed by atoms with Crippen LogP contribution in [0, 0.1) is 13.8 Å². The maximum Gasteiger partial charge on any atom is 0.303 e. The van der Waals surface area contributed by atoms with Gasteiger partial charge in [0.2, 0.25) is 0 Å². The number of aromatic nitrogens is 1. The van der Waals surface area contributed by atoms with Gasteiger partial charge in [-0.15, -0.1) is 0 Å².